The van der Waals surface area contributed by atoms with Crippen LogP contribution < -0.4 is 5.32 Å². The van der Waals surface area contributed by atoms with E-state index in [2.05, 4.69) is 12.2 Å². The van der Waals surface area contributed by atoms with Crippen LogP contribution in [0.5, 0.6) is 0 Å². The molecule has 1 N–H and O–H groups in total. The lowest BCUT2D eigenvalue weighted by Gasteiger charge is -2.07. The Morgan fingerprint density at radius 3 is 2.76 bits per heavy atom. The number of aryl methyl sites for hydroxylation is 2. The summed E-state index contributed by atoms with van der Waals surface area (Å²) in [5, 5.41) is 2.80. The molecule has 0 spiro atoms. The molecule has 0 saturated heterocycles. The zero-order valence-electron chi connectivity index (χ0n) is 9.99. The van der Waals surface area contributed by atoms with Crippen molar-refractivity contribution in [1.82, 2.24) is 0 Å². The minimum atomic E-state index is -0.223. The molecular formula is C14H15NO2. The first-order valence-corrected chi connectivity index (χ1v) is 5.65. The number of amides is 1. The third-order valence-electron chi connectivity index (χ3n) is 2.73. The number of carbonyl (C=O) groups is 1. The second-order valence-corrected chi connectivity index (χ2v) is 3.93. The van der Waals surface area contributed by atoms with E-state index in [1.165, 1.54) is 17.4 Å². The van der Waals surface area contributed by atoms with Crippen molar-refractivity contribution in [2.24, 2.45) is 0 Å². The highest BCUT2D eigenvalue weighted by Crippen LogP contribution is 2.16. The van der Waals surface area contributed by atoms with Crippen molar-refractivity contribution in [1.29, 1.82) is 0 Å². The quantitative estimate of drug-likeness (QED) is 0.876. The summed E-state index contributed by atoms with van der Waals surface area (Å²) in [6.07, 6.45) is 2.48. The fourth-order valence-electron chi connectivity index (χ4n) is 1.77. The normalized spacial score (nSPS) is 10.2. The molecule has 3 nitrogen and oxygen atoms in total. The Morgan fingerprint density at radius 1 is 1.35 bits per heavy atom. The maximum Gasteiger partial charge on any atom is 0.291 e. The van der Waals surface area contributed by atoms with Crippen LogP contribution in [-0.2, 0) is 6.42 Å². The minimum absolute atomic E-state index is 0.223. The highest BCUT2D eigenvalue weighted by molar-refractivity contribution is 6.02. The van der Waals surface area contributed by atoms with Crippen molar-refractivity contribution in [3.63, 3.8) is 0 Å². The summed E-state index contributed by atoms with van der Waals surface area (Å²) in [6.45, 7) is 4.16. The molecule has 1 aromatic heterocycles. The van der Waals surface area contributed by atoms with Crippen LogP contribution in [0.25, 0.3) is 0 Å². The molecule has 1 heterocycles. The minimum Gasteiger partial charge on any atom is -0.459 e. The fraction of sp³-hybridized carbons (Fsp3) is 0.214. The van der Waals surface area contributed by atoms with Crippen molar-refractivity contribution < 1.29 is 9.21 Å². The maximum atomic E-state index is 11.7. The van der Waals surface area contributed by atoms with Gasteiger partial charge in [0.1, 0.15) is 0 Å². The molecule has 3 heteroatoms. The summed E-state index contributed by atoms with van der Waals surface area (Å²) in [5.41, 5.74) is 3.27. The smallest absolute Gasteiger partial charge is 0.291 e. The number of carbonyl (C=O) groups excluding carboxylic acids is 1. The van der Waals surface area contributed by atoms with E-state index in [0.717, 1.165) is 12.1 Å². The Balaban J connectivity index is 2.14. The Bertz CT molecular complexity index is 515. The van der Waals surface area contributed by atoms with Crippen LogP contribution in [0.2, 0.25) is 0 Å². The van der Waals surface area contributed by atoms with E-state index in [1.807, 2.05) is 25.1 Å². The molecule has 0 atom stereocenters. The highest BCUT2D eigenvalue weighted by Gasteiger charge is 2.08. The predicted molar refractivity (Wildman–Crippen MR) is 67.2 cm³/mol. The van der Waals surface area contributed by atoms with Crippen LogP contribution in [0.15, 0.2) is 41.0 Å². The van der Waals surface area contributed by atoms with E-state index in [9.17, 15) is 4.79 Å². The molecule has 0 bridgehead atoms. The monoisotopic (exact) mass is 229 g/mol. The van der Waals surface area contributed by atoms with Crippen LogP contribution in [-0.4, -0.2) is 5.91 Å². The number of furan rings is 1. The van der Waals surface area contributed by atoms with Gasteiger partial charge in [-0.25, -0.2) is 0 Å². The number of benzene rings is 1. The SMILES string of the molecule is CCc1ccc(NC(=O)c2ccco2)cc1C. The zero-order chi connectivity index (χ0) is 12.3. The van der Waals surface area contributed by atoms with Crippen molar-refractivity contribution in [2.45, 2.75) is 20.3 Å². The largest absolute Gasteiger partial charge is 0.459 e. The summed E-state index contributed by atoms with van der Waals surface area (Å²) in [7, 11) is 0. The third kappa shape index (κ3) is 2.56. The molecule has 88 valence electrons. The van der Waals surface area contributed by atoms with E-state index in [1.54, 1.807) is 12.1 Å². The number of hydrogen-bond donors (Lipinski definition) is 1. The Morgan fingerprint density at radius 2 is 2.18 bits per heavy atom. The average Bonchev–Trinajstić information content (AvgIpc) is 2.82. The van der Waals surface area contributed by atoms with Gasteiger partial charge in [0.2, 0.25) is 0 Å². The molecule has 1 amide bonds. The predicted octanol–water partition coefficient (Wildman–Crippen LogP) is 3.40. The molecule has 0 radical (unpaired) electrons. The van der Waals surface area contributed by atoms with Gasteiger partial charge in [0.05, 0.1) is 6.26 Å². The topological polar surface area (TPSA) is 42.2 Å². The van der Waals surface area contributed by atoms with Gasteiger partial charge in [0, 0.05) is 5.69 Å². The number of anilines is 1. The lowest BCUT2D eigenvalue weighted by molar-refractivity contribution is 0.0996. The van der Waals surface area contributed by atoms with Gasteiger partial charge < -0.3 is 9.73 Å². The molecule has 0 aliphatic heterocycles. The molecular weight excluding hydrogens is 214 g/mol. The van der Waals surface area contributed by atoms with Crippen LogP contribution in [0.4, 0.5) is 5.69 Å². The number of rotatable bonds is 3. The second-order valence-electron chi connectivity index (χ2n) is 3.93. The molecule has 2 rings (SSSR count). The first-order valence-electron chi connectivity index (χ1n) is 5.65. The van der Waals surface area contributed by atoms with Gasteiger partial charge in [-0.3, -0.25) is 4.79 Å². The Hall–Kier alpha value is -2.03. The number of nitrogens with one attached hydrogen (secondary N) is 1. The van der Waals surface area contributed by atoms with E-state index in [0.29, 0.717) is 5.76 Å². The summed E-state index contributed by atoms with van der Waals surface area (Å²) >= 11 is 0. The van der Waals surface area contributed by atoms with Crippen molar-refractivity contribution in [2.75, 3.05) is 5.32 Å². The average molecular weight is 229 g/mol. The molecule has 0 fully saturated rings. The van der Waals surface area contributed by atoms with Gasteiger partial charge in [0.15, 0.2) is 5.76 Å². The van der Waals surface area contributed by atoms with Gasteiger partial charge in [-0.05, 0) is 48.7 Å². The van der Waals surface area contributed by atoms with Gasteiger partial charge >= 0.3 is 0 Å². The zero-order valence-corrected chi connectivity index (χ0v) is 9.99. The van der Waals surface area contributed by atoms with Crippen LogP contribution in [0.3, 0.4) is 0 Å². The Labute approximate surface area is 100 Å². The Kier molecular flexibility index (Phi) is 3.28. The van der Waals surface area contributed by atoms with E-state index < -0.39 is 0 Å². The van der Waals surface area contributed by atoms with Crippen molar-refractivity contribution >= 4 is 11.6 Å². The first kappa shape index (κ1) is 11.5. The molecule has 0 aliphatic carbocycles. The standard InChI is InChI=1S/C14H15NO2/c1-3-11-6-7-12(9-10(11)2)15-14(16)13-5-4-8-17-13/h4-9H,3H2,1-2H3,(H,15,16). The molecule has 1 aromatic carbocycles. The van der Waals surface area contributed by atoms with E-state index >= 15 is 0 Å². The molecule has 0 aliphatic rings. The van der Waals surface area contributed by atoms with Gasteiger partial charge in [-0.1, -0.05) is 13.0 Å². The van der Waals surface area contributed by atoms with Crippen LogP contribution >= 0.6 is 0 Å². The molecule has 17 heavy (non-hydrogen) atoms. The number of hydrogen-bond acceptors (Lipinski definition) is 2. The summed E-state index contributed by atoms with van der Waals surface area (Å²) in [6, 6.07) is 9.25. The van der Waals surface area contributed by atoms with E-state index in [4.69, 9.17) is 4.42 Å². The first-order chi connectivity index (χ1) is 8.20. The maximum absolute atomic E-state index is 11.7. The highest BCUT2D eigenvalue weighted by atomic mass is 16.3. The third-order valence-corrected chi connectivity index (χ3v) is 2.73. The van der Waals surface area contributed by atoms with Gasteiger partial charge in [-0.15, -0.1) is 0 Å². The lowest BCUT2D eigenvalue weighted by atomic mass is 10.1. The van der Waals surface area contributed by atoms with Crippen molar-refractivity contribution in [3.05, 3.63) is 53.5 Å². The van der Waals surface area contributed by atoms with Gasteiger partial charge in [0.25, 0.3) is 5.91 Å². The van der Waals surface area contributed by atoms with Gasteiger partial charge in [-0.2, -0.15) is 0 Å². The second kappa shape index (κ2) is 4.87. The van der Waals surface area contributed by atoms with Crippen LogP contribution in [0.1, 0.15) is 28.6 Å². The summed E-state index contributed by atoms with van der Waals surface area (Å²) in [4.78, 5) is 11.7. The lowest BCUT2D eigenvalue weighted by Crippen LogP contribution is -2.11. The van der Waals surface area contributed by atoms with Crippen LogP contribution in [0, 0.1) is 6.92 Å². The fourth-order valence-corrected chi connectivity index (χ4v) is 1.77. The summed E-state index contributed by atoms with van der Waals surface area (Å²) < 4.78 is 5.03. The molecule has 0 saturated carbocycles. The molecule has 2 aromatic rings. The molecule has 0 unspecified atom stereocenters. The van der Waals surface area contributed by atoms with E-state index in [-0.39, 0.29) is 5.91 Å². The van der Waals surface area contributed by atoms with Crippen molar-refractivity contribution in [3.8, 4) is 0 Å². The summed E-state index contributed by atoms with van der Waals surface area (Å²) in [5.74, 6) is 0.0980.